The van der Waals surface area contributed by atoms with Crippen LogP contribution in [0, 0.1) is 34.5 Å². The Bertz CT molecular complexity index is 1960. The van der Waals surface area contributed by atoms with E-state index in [1.165, 1.54) is 0 Å². The molecule has 4 bridgehead atoms. The minimum absolute atomic E-state index is 0.0331. The quantitative estimate of drug-likeness (QED) is 0.106. The fourth-order valence-corrected chi connectivity index (χ4v) is 11.6. The molecule has 9 rings (SSSR count). The predicted molar refractivity (Wildman–Crippen MR) is 224 cm³/mol. The first-order valence-electron chi connectivity index (χ1n) is 21.3. The summed E-state index contributed by atoms with van der Waals surface area (Å²) in [5, 5.41) is 31.1. The number of hydrogen-bond donors (Lipinski definition) is 5. The maximum Gasteiger partial charge on any atom is 0.341 e. The number of carbonyl (C=O) groups excluding carboxylic acids is 4. The maximum absolute atomic E-state index is 13.7. The van der Waals surface area contributed by atoms with Crippen molar-refractivity contribution >= 4 is 47.4 Å². The second-order valence-corrected chi connectivity index (χ2v) is 18.6. The molecule has 6 aliphatic heterocycles. The molecule has 6 fully saturated rings. The first kappa shape index (κ1) is 41.4. The molecular weight excluding hydrogens is 751 g/mol. The van der Waals surface area contributed by atoms with Crippen molar-refractivity contribution in [2.24, 2.45) is 44.5 Å². The predicted octanol–water partition coefficient (Wildman–Crippen LogP) is 3.08. The summed E-state index contributed by atoms with van der Waals surface area (Å²) in [4.78, 5) is 66.3. The van der Waals surface area contributed by atoms with Gasteiger partial charge in [-0.15, -0.1) is 0 Å². The van der Waals surface area contributed by atoms with Crippen LogP contribution in [-0.2, 0) is 23.9 Å². The molecule has 1 aromatic carbocycles. The Labute approximate surface area is 346 Å². The van der Waals surface area contributed by atoms with Crippen molar-refractivity contribution in [1.29, 1.82) is 0 Å². The van der Waals surface area contributed by atoms with E-state index in [0.717, 1.165) is 63.2 Å². The Morgan fingerprint density at radius 1 is 1.07 bits per heavy atom. The number of amidine groups is 1. The van der Waals surface area contributed by atoms with Crippen LogP contribution in [0.4, 0.5) is 5.69 Å². The highest BCUT2D eigenvalue weighted by Gasteiger charge is 2.58. The molecule has 2 aliphatic carbocycles. The number of esters is 1. The van der Waals surface area contributed by atoms with E-state index in [0.29, 0.717) is 54.1 Å². The van der Waals surface area contributed by atoms with Crippen LogP contribution < -0.4 is 16.0 Å². The number of benzene rings is 1. The largest absolute Gasteiger partial charge is 0.423 e. The van der Waals surface area contributed by atoms with E-state index in [1.54, 1.807) is 49.6 Å². The number of Topliss-reactive ketones (excluding diaryl/α,β-unsaturated/α-hetero) is 1. The van der Waals surface area contributed by atoms with Gasteiger partial charge in [0.05, 0.1) is 44.0 Å². The number of aliphatic hydroxyl groups excluding tert-OH is 2. The molecule has 2 saturated carbocycles. The Morgan fingerprint density at radius 2 is 1.78 bits per heavy atom. The maximum atomic E-state index is 13.7. The van der Waals surface area contributed by atoms with Gasteiger partial charge in [0.15, 0.2) is 5.78 Å². The smallest absolute Gasteiger partial charge is 0.341 e. The lowest BCUT2D eigenvalue weighted by atomic mass is 9.46. The number of piperidine rings is 2. The van der Waals surface area contributed by atoms with Crippen molar-refractivity contribution in [3.63, 3.8) is 0 Å². The minimum Gasteiger partial charge on any atom is -0.423 e. The monoisotopic (exact) mass is 809 g/mol. The molecule has 14 heteroatoms. The van der Waals surface area contributed by atoms with Crippen LogP contribution in [0.3, 0.4) is 0 Å². The van der Waals surface area contributed by atoms with E-state index in [9.17, 15) is 29.4 Å². The van der Waals surface area contributed by atoms with Gasteiger partial charge in [-0.25, -0.2) is 9.79 Å². The van der Waals surface area contributed by atoms with E-state index in [1.807, 2.05) is 6.92 Å². The average molecular weight is 810 g/mol. The fraction of sp³-hybridized carbons (Fsp3) is 0.600. The summed E-state index contributed by atoms with van der Waals surface area (Å²) in [5.41, 5.74) is 1.78. The van der Waals surface area contributed by atoms with Crippen molar-refractivity contribution in [2.75, 3.05) is 51.3 Å². The van der Waals surface area contributed by atoms with Crippen molar-refractivity contribution in [1.82, 2.24) is 20.4 Å². The zero-order chi connectivity index (χ0) is 41.6. The van der Waals surface area contributed by atoms with Gasteiger partial charge < -0.3 is 30.9 Å². The van der Waals surface area contributed by atoms with Gasteiger partial charge in [0.2, 0.25) is 11.8 Å². The van der Waals surface area contributed by atoms with Crippen LogP contribution in [0.1, 0.15) is 71.3 Å². The van der Waals surface area contributed by atoms with E-state index in [4.69, 9.17) is 4.74 Å². The van der Waals surface area contributed by atoms with Crippen LogP contribution in [0.2, 0.25) is 0 Å². The minimum atomic E-state index is -0.666. The van der Waals surface area contributed by atoms with Crippen LogP contribution in [0.25, 0.3) is 6.08 Å². The third kappa shape index (κ3) is 8.39. The normalized spacial score (nSPS) is 36.1. The number of aliphatic imine (C=N–C) groups is 2. The fourth-order valence-electron chi connectivity index (χ4n) is 11.6. The highest BCUT2D eigenvalue weighted by Crippen LogP contribution is 2.62. The number of aliphatic hydroxyl groups is 2. The molecule has 0 spiro atoms. The van der Waals surface area contributed by atoms with Gasteiger partial charge in [-0.05, 0) is 86.1 Å². The molecule has 8 aliphatic rings. The summed E-state index contributed by atoms with van der Waals surface area (Å²) in [5.74, 6) is 0.350. The van der Waals surface area contributed by atoms with E-state index in [2.05, 4.69) is 49.2 Å². The highest BCUT2D eigenvalue weighted by atomic mass is 16.5. The van der Waals surface area contributed by atoms with Crippen LogP contribution in [0.5, 0.6) is 0 Å². The number of hydrogen-bond acceptors (Lipinski definition) is 12. The van der Waals surface area contributed by atoms with Gasteiger partial charge in [-0.2, -0.15) is 0 Å². The van der Waals surface area contributed by atoms with Crippen LogP contribution in [0.15, 0.2) is 63.8 Å². The molecule has 2 amide bonds. The number of ketones is 1. The Hall–Kier alpha value is -4.34. The zero-order valence-corrected chi connectivity index (χ0v) is 34.5. The van der Waals surface area contributed by atoms with Crippen LogP contribution >= 0.6 is 0 Å². The number of nitrogens with one attached hydrogen (secondary N) is 3. The van der Waals surface area contributed by atoms with Gasteiger partial charge in [0.1, 0.15) is 18.0 Å². The molecular formula is C45H59N7O7. The summed E-state index contributed by atoms with van der Waals surface area (Å²) in [6.07, 6.45) is 7.68. The molecule has 1 aromatic rings. The van der Waals surface area contributed by atoms with Crippen molar-refractivity contribution in [2.45, 2.75) is 89.9 Å². The van der Waals surface area contributed by atoms with Crippen molar-refractivity contribution in [3.8, 4) is 0 Å². The summed E-state index contributed by atoms with van der Waals surface area (Å²) in [6.45, 7) is 15.8. The topological polar surface area (TPSA) is 185 Å². The average Bonchev–Trinajstić information content (AvgIpc) is 3.85. The second kappa shape index (κ2) is 16.6. The molecule has 6 heterocycles. The van der Waals surface area contributed by atoms with E-state index in [-0.39, 0.29) is 60.3 Å². The number of amides is 2. The number of ether oxygens (including phenoxy) is 1. The zero-order valence-electron chi connectivity index (χ0n) is 34.5. The van der Waals surface area contributed by atoms with E-state index < -0.39 is 29.6 Å². The molecule has 5 N–H and O–H groups in total. The third-order valence-corrected chi connectivity index (χ3v) is 14.7. The number of rotatable bonds is 14. The number of allylic oxidation sites excluding steroid dienone is 2. The summed E-state index contributed by atoms with van der Waals surface area (Å²) in [7, 11) is 0. The van der Waals surface area contributed by atoms with E-state index >= 15 is 0 Å². The lowest BCUT2D eigenvalue weighted by molar-refractivity contribution is -0.153. The third-order valence-electron chi connectivity index (χ3n) is 14.7. The van der Waals surface area contributed by atoms with Gasteiger partial charge in [0, 0.05) is 67.4 Å². The molecule has 14 nitrogen and oxygen atoms in total. The summed E-state index contributed by atoms with van der Waals surface area (Å²) >= 11 is 0. The SMILES string of the molecule is C=C1CCC2[C@](C)(CC[C@@H](O)[C@@]2(C)CO)C1CC(NC(C)C(=O)CC1=NCC=N1)C1=C/C(=C\c2ccc(NC(=O)CC(=O)NC3C4CN5CC3CN(C4)C5)cc2)OC1=O. The molecule has 59 heavy (non-hydrogen) atoms. The molecule has 0 aromatic heterocycles. The first-order chi connectivity index (χ1) is 28.2. The van der Waals surface area contributed by atoms with Gasteiger partial charge in [0.25, 0.3) is 0 Å². The van der Waals surface area contributed by atoms with Gasteiger partial charge >= 0.3 is 5.97 Å². The lowest BCUT2D eigenvalue weighted by Gasteiger charge is -2.60. The Morgan fingerprint density at radius 3 is 2.44 bits per heavy atom. The van der Waals surface area contributed by atoms with Gasteiger partial charge in [-0.3, -0.25) is 29.2 Å². The highest BCUT2D eigenvalue weighted by molar-refractivity contribution is 6.07. The van der Waals surface area contributed by atoms with Gasteiger partial charge in [-0.1, -0.05) is 38.1 Å². The number of fused-ring (bicyclic) bond motifs is 1. The van der Waals surface area contributed by atoms with Crippen molar-refractivity contribution in [3.05, 3.63) is 59.4 Å². The Kier molecular flexibility index (Phi) is 11.7. The number of carbonyl (C=O) groups is 4. The number of cyclic esters (lactones) is 1. The standard InChI is InChI=1S/C45H59N7O7/c1-26-5-10-37-44(3,12-11-38(55)45(37,4)24-53)34(26)17-35(48-27(2)36(54)18-39-46-13-14-47-39)33-16-32(59-43(33)58)15-28-6-8-31(9-7-28)49-40(56)19-41(57)50-42-29-20-51-22-30(42)23-52(21-29)25-51/h6-9,13,15-16,27,29-30,34-35,37-38,42,48,53,55H,1,5,10-12,14,17-25H2,2-4H3,(H,49,56)(H,50,57)/b32-15+/t27?,29?,30?,34?,35?,37?,38-,42?,44-,45+/m1/s1. The molecule has 0 radical (unpaired) electrons. The molecule has 4 unspecified atom stereocenters. The number of anilines is 1. The summed E-state index contributed by atoms with van der Waals surface area (Å²) < 4.78 is 5.82. The molecule has 316 valence electrons. The van der Waals surface area contributed by atoms with Crippen LogP contribution in [-0.4, -0.2) is 126 Å². The molecule has 4 saturated heterocycles. The first-order valence-corrected chi connectivity index (χ1v) is 21.3. The number of nitrogens with zero attached hydrogens (tertiary/aromatic N) is 4. The van der Waals surface area contributed by atoms with Crippen molar-refractivity contribution < 1.29 is 34.1 Å². The summed E-state index contributed by atoms with van der Waals surface area (Å²) in [6, 6.07) is 6.00. The Balaban J connectivity index is 0.953. The lowest BCUT2D eigenvalue weighted by Crippen LogP contribution is -2.71. The second-order valence-electron chi connectivity index (χ2n) is 18.6. The molecule has 7 atom stereocenters.